The summed E-state index contributed by atoms with van der Waals surface area (Å²) < 4.78 is 0. The van der Waals surface area contributed by atoms with Crippen molar-refractivity contribution in [2.24, 2.45) is 0 Å². The Bertz CT molecular complexity index is 1110. The van der Waals surface area contributed by atoms with Gasteiger partial charge in [0.2, 0.25) is 0 Å². The molecule has 0 aromatic heterocycles. The number of aliphatic carboxylic acids is 1. The van der Waals surface area contributed by atoms with Crippen LogP contribution in [0.1, 0.15) is 17.0 Å². The Kier molecular flexibility index (Phi) is 3.86. The molecule has 3 aromatic carbocycles. The van der Waals surface area contributed by atoms with Gasteiger partial charge in [0.05, 0.1) is 16.5 Å². The Hall–Kier alpha value is -3.78. The maximum Gasteiger partial charge on any atom is 0.472 e. The number of Topliss-reactive ketones (excluding diaryl/α,β-unsaturated/α-hetero) is 1. The van der Waals surface area contributed by atoms with Crippen molar-refractivity contribution in [2.45, 2.75) is 11.6 Å². The van der Waals surface area contributed by atoms with Crippen LogP contribution in [0, 0.1) is 10.1 Å². The molecule has 0 bridgehead atoms. The summed E-state index contributed by atoms with van der Waals surface area (Å²) in [6.45, 7) is 0. The van der Waals surface area contributed by atoms with Crippen molar-refractivity contribution < 1.29 is 24.8 Å². The molecule has 1 aliphatic rings. The summed E-state index contributed by atoms with van der Waals surface area (Å²) in [6, 6.07) is 18.3. The summed E-state index contributed by atoms with van der Waals surface area (Å²) >= 11 is 0. The molecular weight excluding hydrogens is 364 g/mol. The number of hydrogen-bond acceptors (Lipinski definition) is 6. The maximum atomic E-state index is 13.3. The molecule has 0 radical (unpaired) electrons. The van der Waals surface area contributed by atoms with Gasteiger partial charge in [0.1, 0.15) is 0 Å². The van der Waals surface area contributed by atoms with Gasteiger partial charge in [0.25, 0.3) is 5.78 Å². The molecule has 0 saturated heterocycles. The lowest BCUT2D eigenvalue weighted by Gasteiger charge is -2.38. The lowest BCUT2D eigenvalue weighted by molar-refractivity contribution is -0.545. The highest BCUT2D eigenvalue weighted by molar-refractivity contribution is 6.16. The molecule has 4 rings (SSSR count). The van der Waals surface area contributed by atoms with Gasteiger partial charge >= 0.3 is 11.6 Å². The van der Waals surface area contributed by atoms with Gasteiger partial charge in [-0.15, -0.1) is 0 Å². The number of carbonyl (C=O) groups is 2. The van der Waals surface area contributed by atoms with Gasteiger partial charge in [-0.05, 0) is 22.4 Å². The number of carboxylic acids is 1. The summed E-state index contributed by atoms with van der Waals surface area (Å²) in [4.78, 5) is 35.8. The molecule has 1 heterocycles. The quantitative estimate of drug-likeness (QED) is 0.408. The number of nitrogens with zero attached hydrogens (tertiary/aromatic N) is 2. The minimum atomic E-state index is -3.34. The Morgan fingerprint density at radius 1 is 1.04 bits per heavy atom. The van der Waals surface area contributed by atoms with E-state index in [9.17, 15) is 30.0 Å². The standard InChI is InChI=1S/C20H14N2O6/c23-18-16(13-7-2-1-3-8-13)17-14-9-5-4-6-12(14)10-11-15(17)21(26)20(18,19(24)25)22(27)28/h1-11,16,26H,(H,24,25). The van der Waals surface area contributed by atoms with Crippen LogP contribution in [0.4, 0.5) is 5.69 Å². The molecule has 0 saturated carbocycles. The minimum Gasteiger partial charge on any atom is -0.474 e. The highest BCUT2D eigenvalue weighted by atomic mass is 16.7. The van der Waals surface area contributed by atoms with Gasteiger partial charge in [0, 0.05) is 5.56 Å². The number of benzene rings is 3. The number of carbonyl (C=O) groups excluding carboxylic acids is 1. The number of anilines is 1. The highest BCUT2D eigenvalue weighted by Crippen LogP contribution is 2.46. The fraction of sp³-hybridized carbons (Fsp3) is 0.100. The lowest BCUT2D eigenvalue weighted by Crippen LogP contribution is -2.68. The van der Waals surface area contributed by atoms with E-state index in [1.165, 1.54) is 6.07 Å². The number of fused-ring (bicyclic) bond motifs is 3. The summed E-state index contributed by atoms with van der Waals surface area (Å²) in [5.74, 6) is -4.51. The predicted octanol–water partition coefficient (Wildman–Crippen LogP) is 2.81. The van der Waals surface area contributed by atoms with E-state index in [0.29, 0.717) is 16.5 Å². The smallest absolute Gasteiger partial charge is 0.472 e. The largest absolute Gasteiger partial charge is 0.474 e. The van der Waals surface area contributed by atoms with Crippen LogP contribution >= 0.6 is 0 Å². The molecule has 0 fully saturated rings. The second-order valence-corrected chi connectivity index (χ2v) is 6.47. The van der Waals surface area contributed by atoms with E-state index in [2.05, 4.69) is 0 Å². The molecule has 2 N–H and O–H groups in total. The van der Waals surface area contributed by atoms with Gasteiger partial charge in [0.15, 0.2) is 0 Å². The van der Waals surface area contributed by atoms with Gasteiger partial charge in [-0.1, -0.05) is 60.7 Å². The zero-order chi connectivity index (χ0) is 20.1. The first-order chi connectivity index (χ1) is 13.4. The van der Waals surface area contributed by atoms with Crippen LogP contribution in [0.2, 0.25) is 0 Å². The van der Waals surface area contributed by atoms with Crippen molar-refractivity contribution in [2.75, 3.05) is 5.06 Å². The summed E-state index contributed by atoms with van der Waals surface area (Å²) in [5, 5.41) is 33.4. The maximum absolute atomic E-state index is 13.3. The van der Waals surface area contributed by atoms with Crippen LogP contribution in [-0.4, -0.2) is 32.7 Å². The third-order valence-corrected chi connectivity index (χ3v) is 5.07. The molecule has 3 aromatic rings. The third-order valence-electron chi connectivity index (χ3n) is 5.07. The second-order valence-electron chi connectivity index (χ2n) is 6.47. The average molecular weight is 378 g/mol. The van der Waals surface area contributed by atoms with Gasteiger partial charge in [-0.25, -0.2) is 4.79 Å². The van der Waals surface area contributed by atoms with Crippen molar-refractivity contribution in [1.29, 1.82) is 0 Å². The zero-order valence-corrected chi connectivity index (χ0v) is 14.4. The SMILES string of the molecule is O=C(O)C1([N+](=O)[O-])C(=O)C(c2ccccc2)c2c(ccc3ccccc23)N1O. The van der Waals surface area contributed by atoms with E-state index in [-0.39, 0.29) is 10.8 Å². The summed E-state index contributed by atoms with van der Waals surface area (Å²) in [6.07, 6.45) is 0. The van der Waals surface area contributed by atoms with Crippen LogP contribution in [0.5, 0.6) is 0 Å². The van der Waals surface area contributed by atoms with E-state index >= 15 is 0 Å². The van der Waals surface area contributed by atoms with Crippen LogP contribution in [-0.2, 0) is 9.59 Å². The lowest BCUT2D eigenvalue weighted by atomic mass is 9.76. The Balaban J connectivity index is 2.14. The number of nitro groups is 1. The first-order valence-electron chi connectivity index (χ1n) is 8.38. The average Bonchev–Trinajstić information content (AvgIpc) is 2.68. The van der Waals surface area contributed by atoms with Gasteiger partial charge < -0.3 is 5.11 Å². The first-order valence-corrected chi connectivity index (χ1v) is 8.38. The van der Waals surface area contributed by atoms with E-state index in [0.717, 1.165) is 5.39 Å². The molecule has 8 heteroatoms. The van der Waals surface area contributed by atoms with Crippen molar-refractivity contribution in [3.05, 3.63) is 88.0 Å². The number of hydroxylamine groups is 1. The Morgan fingerprint density at radius 3 is 2.32 bits per heavy atom. The molecule has 2 unspecified atom stereocenters. The number of carboxylic acid groups (broad SMARTS) is 1. The van der Waals surface area contributed by atoms with Gasteiger partial charge in [-0.2, -0.15) is 5.06 Å². The van der Waals surface area contributed by atoms with Crippen LogP contribution in [0.25, 0.3) is 10.8 Å². The van der Waals surface area contributed by atoms with Crippen LogP contribution < -0.4 is 5.06 Å². The second kappa shape index (κ2) is 6.14. The normalized spacial score (nSPS) is 21.4. The predicted molar refractivity (Wildman–Crippen MR) is 98.9 cm³/mol. The minimum absolute atomic E-state index is 0.0289. The Morgan fingerprint density at radius 2 is 1.68 bits per heavy atom. The van der Waals surface area contributed by atoms with Crippen LogP contribution in [0.15, 0.2) is 66.7 Å². The molecule has 140 valence electrons. The van der Waals surface area contributed by atoms with Crippen LogP contribution in [0.3, 0.4) is 0 Å². The highest BCUT2D eigenvalue weighted by Gasteiger charge is 2.69. The van der Waals surface area contributed by atoms with E-state index in [1.54, 1.807) is 60.7 Å². The topological polar surface area (TPSA) is 121 Å². The van der Waals surface area contributed by atoms with Crippen molar-refractivity contribution in [3.8, 4) is 0 Å². The van der Waals surface area contributed by atoms with Crippen molar-refractivity contribution in [1.82, 2.24) is 0 Å². The van der Waals surface area contributed by atoms with Crippen molar-refractivity contribution >= 4 is 28.2 Å². The molecule has 8 nitrogen and oxygen atoms in total. The monoisotopic (exact) mass is 378 g/mol. The summed E-state index contributed by atoms with van der Waals surface area (Å²) in [5.41, 5.74) is -2.69. The Labute approximate surface area is 158 Å². The third kappa shape index (κ3) is 2.15. The molecule has 0 amide bonds. The fourth-order valence-corrected chi connectivity index (χ4v) is 3.79. The van der Waals surface area contributed by atoms with Gasteiger partial charge in [-0.3, -0.25) is 20.1 Å². The fourth-order valence-electron chi connectivity index (χ4n) is 3.79. The van der Waals surface area contributed by atoms with Crippen molar-refractivity contribution in [3.63, 3.8) is 0 Å². The van der Waals surface area contributed by atoms with E-state index < -0.39 is 28.3 Å². The molecule has 0 spiro atoms. The number of ketones is 1. The molecule has 0 aliphatic carbocycles. The molecule has 2 atom stereocenters. The molecule has 1 aliphatic heterocycles. The first kappa shape index (κ1) is 17.6. The number of hydrogen-bond donors (Lipinski definition) is 2. The molecular formula is C20H14N2O6. The number of rotatable bonds is 3. The van der Waals surface area contributed by atoms with E-state index in [1.807, 2.05) is 0 Å². The molecule has 28 heavy (non-hydrogen) atoms. The summed E-state index contributed by atoms with van der Waals surface area (Å²) in [7, 11) is 0. The van der Waals surface area contributed by atoms with E-state index in [4.69, 9.17) is 0 Å². The zero-order valence-electron chi connectivity index (χ0n) is 14.4.